The summed E-state index contributed by atoms with van der Waals surface area (Å²) in [4.78, 5) is 37.3. The Hall–Kier alpha value is -3.64. The summed E-state index contributed by atoms with van der Waals surface area (Å²) in [6, 6.07) is 8.73. The lowest BCUT2D eigenvalue weighted by molar-refractivity contribution is -0.150. The topological polar surface area (TPSA) is 163 Å². The molecule has 4 N–H and O–H groups in total. The first-order valence-electron chi connectivity index (χ1n) is 10.1. The molecule has 2 aromatic carbocycles. The maximum Gasteiger partial charge on any atom is 0.329 e. The van der Waals surface area contributed by atoms with Gasteiger partial charge in [0.15, 0.2) is 6.61 Å². The van der Waals surface area contributed by atoms with Crippen LogP contribution < -0.4 is 25.2 Å². The van der Waals surface area contributed by atoms with Crippen molar-refractivity contribution in [2.45, 2.75) is 24.8 Å². The van der Waals surface area contributed by atoms with E-state index in [2.05, 4.69) is 10.6 Å². The molecule has 2 rings (SSSR count). The van der Waals surface area contributed by atoms with Crippen molar-refractivity contribution in [3.8, 4) is 11.5 Å². The molecule has 0 aliphatic rings. The Balaban J connectivity index is 1.99. The molecule has 184 valence electrons. The fourth-order valence-corrected chi connectivity index (χ4v) is 3.33. The third-order valence-electron chi connectivity index (χ3n) is 4.63. The van der Waals surface area contributed by atoms with Gasteiger partial charge in [0.2, 0.25) is 10.0 Å². The molecule has 0 spiro atoms. The number of ether oxygens (including phenoxy) is 3. The molecule has 0 saturated heterocycles. The minimum atomic E-state index is -3.86. The van der Waals surface area contributed by atoms with Crippen LogP contribution in [-0.4, -0.2) is 53.1 Å². The second-order valence-corrected chi connectivity index (χ2v) is 9.08. The third kappa shape index (κ3) is 7.46. The van der Waals surface area contributed by atoms with E-state index in [1.54, 1.807) is 19.9 Å². The summed E-state index contributed by atoms with van der Waals surface area (Å²) < 4.78 is 37.9. The molecular weight excluding hydrogens is 466 g/mol. The van der Waals surface area contributed by atoms with Crippen LogP contribution in [-0.2, 0) is 24.3 Å². The Morgan fingerprint density at radius 2 is 1.53 bits per heavy atom. The molecule has 0 radical (unpaired) electrons. The molecule has 0 heterocycles. The zero-order chi connectivity index (χ0) is 25.5. The maximum absolute atomic E-state index is 12.7. The number of benzene rings is 2. The van der Waals surface area contributed by atoms with Gasteiger partial charge in [-0.2, -0.15) is 0 Å². The number of amides is 2. The molecule has 34 heavy (non-hydrogen) atoms. The zero-order valence-corrected chi connectivity index (χ0v) is 20.0. The van der Waals surface area contributed by atoms with Crippen LogP contribution in [0.15, 0.2) is 47.4 Å². The van der Waals surface area contributed by atoms with Gasteiger partial charge in [0.25, 0.3) is 11.8 Å². The lowest BCUT2D eigenvalue weighted by Crippen LogP contribution is -2.46. The van der Waals surface area contributed by atoms with Crippen molar-refractivity contribution < 1.29 is 37.0 Å². The van der Waals surface area contributed by atoms with Crippen molar-refractivity contribution in [2.24, 2.45) is 11.1 Å². The molecule has 0 saturated carbocycles. The molecule has 2 aromatic rings. The Bertz CT molecular complexity index is 1120. The predicted octanol–water partition coefficient (Wildman–Crippen LogP) is 1.29. The molecule has 1 atom stereocenters. The number of carbonyl (C=O) groups excluding carboxylic acids is 3. The average Bonchev–Trinajstić information content (AvgIpc) is 2.79. The minimum Gasteiger partial charge on any atom is -0.497 e. The molecule has 0 fully saturated rings. The normalized spacial score (nSPS) is 11.9. The summed E-state index contributed by atoms with van der Waals surface area (Å²) in [5.74, 6) is -1.52. The van der Waals surface area contributed by atoms with E-state index in [0.29, 0.717) is 11.5 Å². The highest BCUT2D eigenvalue weighted by Gasteiger charge is 2.27. The van der Waals surface area contributed by atoms with Crippen LogP contribution in [0.1, 0.15) is 24.2 Å². The van der Waals surface area contributed by atoms with E-state index in [1.807, 2.05) is 0 Å². The summed E-state index contributed by atoms with van der Waals surface area (Å²) in [5, 5.41) is 10.1. The Labute approximate surface area is 197 Å². The standard InChI is InChI=1S/C22H27N3O8S/c1-13(2)20(25-21(27)14-9-16(31-3)11-17(10-14)32-4)22(28)33-12-19(26)24-15-5-7-18(8-6-15)34(23,29)30/h5-11,13,20H,12H2,1-4H3,(H,24,26)(H,25,27)(H2,23,29,30)/t20-/m0/s1. The van der Waals surface area contributed by atoms with Crippen LogP contribution in [0.5, 0.6) is 11.5 Å². The van der Waals surface area contributed by atoms with Crippen molar-refractivity contribution in [1.29, 1.82) is 0 Å². The van der Waals surface area contributed by atoms with Crippen molar-refractivity contribution in [2.75, 3.05) is 26.1 Å². The molecule has 2 amide bonds. The zero-order valence-electron chi connectivity index (χ0n) is 19.2. The fraction of sp³-hybridized carbons (Fsp3) is 0.318. The highest BCUT2D eigenvalue weighted by atomic mass is 32.2. The summed E-state index contributed by atoms with van der Waals surface area (Å²) in [6.07, 6.45) is 0. The number of sulfonamides is 1. The number of methoxy groups -OCH3 is 2. The molecule has 0 aromatic heterocycles. The first kappa shape index (κ1) is 26.6. The van der Waals surface area contributed by atoms with Gasteiger partial charge >= 0.3 is 5.97 Å². The van der Waals surface area contributed by atoms with E-state index in [4.69, 9.17) is 19.3 Å². The summed E-state index contributed by atoms with van der Waals surface area (Å²) in [7, 11) is -0.959. The fourth-order valence-electron chi connectivity index (χ4n) is 2.81. The van der Waals surface area contributed by atoms with Crippen molar-refractivity contribution in [1.82, 2.24) is 5.32 Å². The van der Waals surface area contributed by atoms with Crippen LogP contribution in [0.2, 0.25) is 0 Å². The second kappa shape index (κ2) is 11.5. The molecular formula is C22H27N3O8S. The number of carbonyl (C=O) groups is 3. The number of hydrogen-bond donors (Lipinski definition) is 3. The van der Waals surface area contributed by atoms with Gasteiger partial charge in [-0.15, -0.1) is 0 Å². The number of anilines is 1. The van der Waals surface area contributed by atoms with E-state index in [9.17, 15) is 22.8 Å². The average molecular weight is 494 g/mol. The molecule has 12 heteroatoms. The van der Waals surface area contributed by atoms with Crippen LogP contribution >= 0.6 is 0 Å². The smallest absolute Gasteiger partial charge is 0.329 e. The van der Waals surface area contributed by atoms with Crippen molar-refractivity contribution >= 4 is 33.5 Å². The van der Waals surface area contributed by atoms with Gasteiger partial charge in [0, 0.05) is 17.3 Å². The molecule has 11 nitrogen and oxygen atoms in total. The number of nitrogens with one attached hydrogen (secondary N) is 2. The number of esters is 1. The van der Waals surface area contributed by atoms with Crippen LogP contribution in [0.4, 0.5) is 5.69 Å². The van der Waals surface area contributed by atoms with Crippen LogP contribution in [0, 0.1) is 5.92 Å². The van der Waals surface area contributed by atoms with E-state index >= 15 is 0 Å². The summed E-state index contributed by atoms with van der Waals surface area (Å²) in [5.41, 5.74) is 0.504. The first-order chi connectivity index (χ1) is 15.9. The van der Waals surface area contributed by atoms with Gasteiger partial charge in [-0.25, -0.2) is 18.4 Å². The lowest BCUT2D eigenvalue weighted by Gasteiger charge is -2.21. The molecule has 0 bridgehead atoms. The highest BCUT2D eigenvalue weighted by molar-refractivity contribution is 7.89. The lowest BCUT2D eigenvalue weighted by atomic mass is 10.0. The first-order valence-corrected chi connectivity index (χ1v) is 11.6. The Morgan fingerprint density at radius 3 is 2.00 bits per heavy atom. The summed E-state index contributed by atoms with van der Waals surface area (Å²) >= 11 is 0. The molecule has 0 aliphatic carbocycles. The monoisotopic (exact) mass is 493 g/mol. The number of hydrogen-bond acceptors (Lipinski definition) is 8. The second-order valence-electron chi connectivity index (χ2n) is 7.52. The highest BCUT2D eigenvalue weighted by Crippen LogP contribution is 2.22. The van der Waals surface area contributed by atoms with Crippen molar-refractivity contribution in [3.05, 3.63) is 48.0 Å². The predicted molar refractivity (Wildman–Crippen MR) is 123 cm³/mol. The summed E-state index contributed by atoms with van der Waals surface area (Å²) in [6.45, 7) is 2.82. The molecule has 0 unspecified atom stereocenters. The quantitative estimate of drug-likeness (QED) is 0.417. The van der Waals surface area contributed by atoms with Gasteiger partial charge in [0.05, 0.1) is 19.1 Å². The van der Waals surface area contributed by atoms with Gasteiger partial charge in [0.1, 0.15) is 17.5 Å². The number of nitrogens with two attached hydrogens (primary N) is 1. The third-order valence-corrected chi connectivity index (χ3v) is 5.56. The van der Waals surface area contributed by atoms with E-state index in [1.165, 1.54) is 50.6 Å². The minimum absolute atomic E-state index is 0.110. The van der Waals surface area contributed by atoms with E-state index in [-0.39, 0.29) is 22.1 Å². The maximum atomic E-state index is 12.7. The van der Waals surface area contributed by atoms with Gasteiger partial charge in [-0.1, -0.05) is 13.8 Å². The van der Waals surface area contributed by atoms with Gasteiger partial charge < -0.3 is 24.8 Å². The van der Waals surface area contributed by atoms with Crippen molar-refractivity contribution in [3.63, 3.8) is 0 Å². The van der Waals surface area contributed by atoms with Crippen LogP contribution in [0.25, 0.3) is 0 Å². The van der Waals surface area contributed by atoms with Gasteiger partial charge in [-0.05, 0) is 42.3 Å². The number of primary sulfonamides is 1. The number of rotatable bonds is 10. The van der Waals surface area contributed by atoms with E-state index < -0.39 is 40.5 Å². The van der Waals surface area contributed by atoms with E-state index in [0.717, 1.165) is 0 Å². The van der Waals surface area contributed by atoms with Crippen LogP contribution in [0.3, 0.4) is 0 Å². The Kier molecular flexibility index (Phi) is 8.98. The molecule has 0 aliphatic heterocycles. The largest absolute Gasteiger partial charge is 0.497 e. The SMILES string of the molecule is COc1cc(OC)cc(C(=O)N[C@H](C(=O)OCC(=O)Nc2ccc(S(N)(=O)=O)cc2)C(C)C)c1. The van der Waals surface area contributed by atoms with Gasteiger partial charge in [-0.3, -0.25) is 9.59 Å². The Morgan fingerprint density at radius 1 is 0.971 bits per heavy atom.